The molecule has 0 fully saturated rings. The van der Waals surface area contributed by atoms with Crippen LogP contribution in [0.2, 0.25) is 0 Å². The van der Waals surface area contributed by atoms with Gasteiger partial charge >= 0.3 is 0 Å². The van der Waals surface area contributed by atoms with E-state index in [0.29, 0.717) is 0 Å². The van der Waals surface area contributed by atoms with E-state index in [1.807, 2.05) is 20.2 Å². The van der Waals surface area contributed by atoms with E-state index in [2.05, 4.69) is 25.6 Å². The summed E-state index contributed by atoms with van der Waals surface area (Å²) in [4.78, 5) is 12.0. The van der Waals surface area contributed by atoms with Crippen LogP contribution in [0.3, 0.4) is 0 Å². The lowest BCUT2D eigenvalue weighted by Crippen LogP contribution is -2.05. The maximum Gasteiger partial charge on any atom is 0.113 e. The summed E-state index contributed by atoms with van der Waals surface area (Å²) in [7, 11) is 1.92. The summed E-state index contributed by atoms with van der Waals surface area (Å²) in [5.41, 5.74) is 2.19. The Labute approximate surface area is 92.8 Å². The predicted octanol–water partition coefficient (Wildman–Crippen LogP) is 1.48. The van der Waals surface area contributed by atoms with E-state index in [4.69, 9.17) is 0 Å². The first-order valence-corrected chi connectivity index (χ1v) is 5.74. The van der Waals surface area contributed by atoms with Crippen LogP contribution in [0, 0.1) is 6.92 Å². The zero-order valence-electron chi connectivity index (χ0n) is 8.87. The minimum Gasteiger partial charge on any atom is -0.344 e. The Kier molecular flexibility index (Phi) is 3.13. The highest BCUT2D eigenvalue weighted by molar-refractivity contribution is 7.09. The fourth-order valence-electron chi connectivity index (χ4n) is 1.40. The molecule has 2 heterocycles. The maximum absolute atomic E-state index is 4.40. The van der Waals surface area contributed by atoms with E-state index in [1.54, 1.807) is 11.3 Å². The van der Waals surface area contributed by atoms with Crippen molar-refractivity contribution in [1.29, 1.82) is 0 Å². The second-order valence-electron chi connectivity index (χ2n) is 3.44. The van der Waals surface area contributed by atoms with Crippen LogP contribution in [-0.4, -0.2) is 22.0 Å². The number of aromatic amines is 1. The van der Waals surface area contributed by atoms with Crippen LogP contribution in [0.4, 0.5) is 0 Å². The molecule has 0 saturated heterocycles. The summed E-state index contributed by atoms with van der Waals surface area (Å²) in [5, 5.41) is 6.25. The Hall–Kier alpha value is -1.20. The van der Waals surface area contributed by atoms with Crippen molar-refractivity contribution < 1.29 is 0 Å². The van der Waals surface area contributed by atoms with Gasteiger partial charge in [-0.3, -0.25) is 0 Å². The third-order valence-corrected chi connectivity index (χ3v) is 3.00. The third-order valence-electron chi connectivity index (χ3n) is 2.03. The van der Waals surface area contributed by atoms with Crippen molar-refractivity contribution in [2.24, 2.45) is 0 Å². The number of aromatic nitrogens is 3. The van der Waals surface area contributed by atoms with Gasteiger partial charge in [0.1, 0.15) is 10.8 Å². The van der Waals surface area contributed by atoms with E-state index in [1.165, 1.54) is 0 Å². The number of hydrogen-bond acceptors (Lipinski definition) is 4. The zero-order chi connectivity index (χ0) is 10.7. The summed E-state index contributed by atoms with van der Waals surface area (Å²) in [6.07, 6.45) is 2.66. The van der Waals surface area contributed by atoms with Crippen LogP contribution >= 0.6 is 11.3 Å². The third kappa shape index (κ3) is 2.64. The average molecular weight is 222 g/mol. The predicted molar refractivity (Wildman–Crippen MR) is 61.0 cm³/mol. The number of imidazole rings is 1. The van der Waals surface area contributed by atoms with Crippen LogP contribution in [0.5, 0.6) is 0 Å². The van der Waals surface area contributed by atoms with Gasteiger partial charge in [0.25, 0.3) is 0 Å². The molecule has 0 aliphatic heterocycles. The van der Waals surface area contributed by atoms with Crippen LogP contribution in [0.25, 0.3) is 0 Å². The van der Waals surface area contributed by atoms with E-state index in [-0.39, 0.29) is 0 Å². The molecule has 2 N–H and O–H groups in total. The highest BCUT2D eigenvalue weighted by Gasteiger charge is 2.04. The van der Waals surface area contributed by atoms with Crippen molar-refractivity contribution in [2.45, 2.75) is 19.9 Å². The molecule has 2 aromatic rings. The molecular formula is C10H14N4S. The lowest BCUT2D eigenvalue weighted by Gasteiger charge is -1.93. The molecule has 0 amide bonds. The molecule has 0 aliphatic carbocycles. The Balaban J connectivity index is 2.04. The SMILES string of the molecule is CNCc1cnc(Cc2nc(C)cs2)[nH]1. The summed E-state index contributed by atoms with van der Waals surface area (Å²) in [6, 6.07) is 0. The van der Waals surface area contributed by atoms with Gasteiger partial charge in [-0.05, 0) is 14.0 Å². The Morgan fingerprint density at radius 1 is 1.53 bits per heavy atom. The van der Waals surface area contributed by atoms with Crippen molar-refractivity contribution in [2.75, 3.05) is 7.05 Å². The fourth-order valence-corrected chi connectivity index (χ4v) is 2.18. The Morgan fingerprint density at radius 2 is 2.40 bits per heavy atom. The first kappa shape index (κ1) is 10.3. The molecule has 2 aromatic heterocycles. The number of hydrogen-bond donors (Lipinski definition) is 2. The number of thiazole rings is 1. The van der Waals surface area contributed by atoms with Crippen LogP contribution in [0.15, 0.2) is 11.6 Å². The van der Waals surface area contributed by atoms with Crippen molar-refractivity contribution in [3.63, 3.8) is 0 Å². The van der Waals surface area contributed by atoms with Gasteiger partial charge in [-0.15, -0.1) is 11.3 Å². The molecule has 4 nitrogen and oxygen atoms in total. The summed E-state index contributed by atoms with van der Waals surface area (Å²) in [6.45, 7) is 2.83. The number of H-pyrrole nitrogens is 1. The topological polar surface area (TPSA) is 53.6 Å². The Morgan fingerprint density at radius 3 is 3.07 bits per heavy atom. The molecule has 15 heavy (non-hydrogen) atoms. The largest absolute Gasteiger partial charge is 0.344 e. The summed E-state index contributed by atoms with van der Waals surface area (Å²) in [5.74, 6) is 0.981. The average Bonchev–Trinajstić information content (AvgIpc) is 2.78. The van der Waals surface area contributed by atoms with Crippen molar-refractivity contribution in [3.8, 4) is 0 Å². The Bertz CT molecular complexity index is 432. The molecule has 0 aliphatic rings. The molecule has 0 saturated carbocycles. The number of nitrogens with zero attached hydrogens (tertiary/aromatic N) is 2. The molecule has 80 valence electrons. The number of rotatable bonds is 4. The molecule has 2 rings (SSSR count). The van der Waals surface area contributed by atoms with Gasteiger partial charge in [0.2, 0.25) is 0 Å². The minimum atomic E-state index is 0.794. The van der Waals surface area contributed by atoms with Crippen molar-refractivity contribution >= 4 is 11.3 Å². The van der Waals surface area contributed by atoms with E-state index in [9.17, 15) is 0 Å². The van der Waals surface area contributed by atoms with Gasteiger partial charge in [0.15, 0.2) is 0 Å². The van der Waals surface area contributed by atoms with E-state index >= 15 is 0 Å². The van der Waals surface area contributed by atoms with Gasteiger partial charge in [-0.2, -0.15) is 0 Å². The second kappa shape index (κ2) is 4.55. The maximum atomic E-state index is 4.40. The zero-order valence-corrected chi connectivity index (χ0v) is 9.69. The van der Waals surface area contributed by atoms with E-state index in [0.717, 1.165) is 35.2 Å². The monoisotopic (exact) mass is 222 g/mol. The highest BCUT2D eigenvalue weighted by Crippen LogP contribution is 2.12. The smallest absolute Gasteiger partial charge is 0.113 e. The standard InChI is InChI=1S/C10H14N4S/c1-7-6-15-10(13-7)3-9-12-5-8(14-9)4-11-2/h5-6,11H,3-4H2,1-2H3,(H,12,14). The molecular weight excluding hydrogens is 208 g/mol. The fraction of sp³-hybridized carbons (Fsp3) is 0.400. The first-order chi connectivity index (χ1) is 7.28. The molecule has 0 aromatic carbocycles. The van der Waals surface area contributed by atoms with Gasteiger partial charge in [-0.25, -0.2) is 9.97 Å². The van der Waals surface area contributed by atoms with Gasteiger partial charge in [0.05, 0.1) is 6.42 Å². The van der Waals surface area contributed by atoms with Crippen LogP contribution in [-0.2, 0) is 13.0 Å². The van der Waals surface area contributed by atoms with Gasteiger partial charge in [-0.1, -0.05) is 0 Å². The quantitative estimate of drug-likeness (QED) is 0.824. The summed E-state index contributed by atoms with van der Waals surface area (Å²) >= 11 is 1.68. The molecule has 0 unspecified atom stereocenters. The molecule has 0 radical (unpaired) electrons. The van der Waals surface area contributed by atoms with E-state index < -0.39 is 0 Å². The number of aryl methyl sites for hydroxylation is 1. The minimum absolute atomic E-state index is 0.794. The van der Waals surface area contributed by atoms with Crippen molar-refractivity contribution in [3.05, 3.63) is 33.8 Å². The summed E-state index contributed by atoms with van der Waals surface area (Å²) < 4.78 is 0. The van der Waals surface area contributed by atoms with Crippen LogP contribution in [0.1, 0.15) is 22.2 Å². The lowest BCUT2D eigenvalue weighted by molar-refractivity contribution is 0.793. The normalized spacial score (nSPS) is 10.8. The lowest BCUT2D eigenvalue weighted by atomic mass is 10.4. The van der Waals surface area contributed by atoms with Gasteiger partial charge < -0.3 is 10.3 Å². The van der Waals surface area contributed by atoms with Crippen molar-refractivity contribution in [1.82, 2.24) is 20.3 Å². The second-order valence-corrected chi connectivity index (χ2v) is 4.39. The molecule has 0 spiro atoms. The molecule has 0 atom stereocenters. The number of nitrogens with one attached hydrogen (secondary N) is 2. The molecule has 5 heteroatoms. The van der Waals surface area contributed by atoms with Gasteiger partial charge in [0, 0.05) is 29.5 Å². The molecule has 0 bridgehead atoms. The first-order valence-electron chi connectivity index (χ1n) is 4.86. The van der Waals surface area contributed by atoms with Crippen LogP contribution < -0.4 is 5.32 Å². The highest BCUT2D eigenvalue weighted by atomic mass is 32.1.